The van der Waals surface area contributed by atoms with Crippen LogP contribution < -0.4 is 10.6 Å². The van der Waals surface area contributed by atoms with Crippen LogP contribution in [-0.4, -0.2) is 45.4 Å². The van der Waals surface area contributed by atoms with Gasteiger partial charge in [0.05, 0.1) is 0 Å². The molecule has 4 N–H and O–H groups in total. The Kier molecular flexibility index (Phi) is 5.31. The fourth-order valence-corrected chi connectivity index (χ4v) is 4.54. The zero-order valence-electron chi connectivity index (χ0n) is 18.5. The van der Waals surface area contributed by atoms with E-state index in [1.54, 1.807) is 0 Å². The van der Waals surface area contributed by atoms with E-state index < -0.39 is 23.5 Å². The van der Waals surface area contributed by atoms with E-state index in [2.05, 4.69) is 33.0 Å². The number of aromatic nitrogens is 2. The van der Waals surface area contributed by atoms with Crippen LogP contribution in [0, 0.1) is 5.92 Å². The number of carbonyl (C=O) groups is 3. The van der Waals surface area contributed by atoms with Gasteiger partial charge in [-0.05, 0) is 47.9 Å². The molecular weight excluding hydrogens is 436 g/mol. The van der Waals surface area contributed by atoms with E-state index in [0.29, 0.717) is 0 Å². The highest BCUT2D eigenvalue weighted by Gasteiger charge is 2.48. The largest absolute Gasteiger partial charge is 0.480 e. The summed E-state index contributed by atoms with van der Waals surface area (Å²) in [5, 5.41) is 21.0. The van der Waals surface area contributed by atoms with E-state index in [0.717, 1.165) is 35.1 Å². The van der Waals surface area contributed by atoms with Crippen molar-refractivity contribution < 1.29 is 24.2 Å². The number of rotatable bonds is 7. The third-order valence-electron chi connectivity index (χ3n) is 6.61. The zero-order valence-corrected chi connectivity index (χ0v) is 18.5. The zero-order chi connectivity index (χ0) is 23.9. The molecule has 1 aromatic heterocycles. The van der Waals surface area contributed by atoms with Gasteiger partial charge in [0.1, 0.15) is 17.8 Å². The third-order valence-corrected chi connectivity index (χ3v) is 6.61. The van der Waals surface area contributed by atoms with Crippen molar-refractivity contribution in [2.45, 2.75) is 31.2 Å². The fraction of sp³-hybridized carbons (Fsp3) is 0.280. The van der Waals surface area contributed by atoms with Crippen LogP contribution >= 0.6 is 0 Å². The van der Waals surface area contributed by atoms with E-state index in [1.807, 2.05) is 36.4 Å². The maximum Gasteiger partial charge on any atom is 0.412 e. The highest BCUT2D eigenvalue weighted by atomic mass is 16.5. The van der Waals surface area contributed by atoms with Crippen molar-refractivity contribution in [3.8, 4) is 11.1 Å². The predicted octanol–water partition coefficient (Wildman–Crippen LogP) is 3.75. The number of ether oxygens (including phenoxy) is 1. The number of carboxylic acid groups (broad SMARTS) is 1. The number of anilines is 1. The number of aromatic amines is 1. The first-order valence-corrected chi connectivity index (χ1v) is 11.1. The molecule has 1 fully saturated rings. The Morgan fingerprint density at radius 1 is 1.09 bits per heavy atom. The molecule has 1 unspecified atom stereocenters. The molecule has 0 spiro atoms. The van der Waals surface area contributed by atoms with Gasteiger partial charge >= 0.3 is 12.1 Å². The van der Waals surface area contributed by atoms with Gasteiger partial charge in [0, 0.05) is 12.0 Å². The molecule has 9 nitrogen and oxygen atoms in total. The van der Waals surface area contributed by atoms with Gasteiger partial charge in [-0.15, -0.1) is 0 Å². The van der Waals surface area contributed by atoms with Crippen molar-refractivity contribution >= 4 is 23.8 Å². The number of nitrogens with zero attached hydrogens (tertiary/aromatic N) is 1. The maximum atomic E-state index is 12.5. The van der Waals surface area contributed by atoms with Crippen molar-refractivity contribution in [1.82, 2.24) is 15.5 Å². The summed E-state index contributed by atoms with van der Waals surface area (Å²) in [5.41, 5.74) is 3.17. The standard InChI is InChI=1S/C25H24N4O5/c1-25(23(31)32,14-10-11-14)27-22(30)20-12-21(29-28-20)26-24(33)34-13-19-17-8-4-2-6-15(17)16-7-3-5-9-18(16)19/h2-9,12,14,19H,10-11,13H2,1H3,(H,27,30)(H,31,32)(H2,26,28,29,33). The predicted molar refractivity (Wildman–Crippen MR) is 124 cm³/mol. The van der Waals surface area contributed by atoms with Crippen molar-refractivity contribution in [3.63, 3.8) is 0 Å². The number of carbonyl (C=O) groups excluding carboxylic acids is 2. The van der Waals surface area contributed by atoms with Crippen LogP contribution in [0.15, 0.2) is 54.6 Å². The Balaban J connectivity index is 1.21. The van der Waals surface area contributed by atoms with E-state index in [-0.39, 0.29) is 30.0 Å². The van der Waals surface area contributed by atoms with Gasteiger partial charge in [-0.3, -0.25) is 15.2 Å². The minimum absolute atomic E-state index is 0.0436. The Bertz CT molecular complexity index is 1240. The molecule has 2 aromatic carbocycles. The SMILES string of the molecule is CC(NC(=O)c1cc(NC(=O)OCC2c3ccccc3-c3ccccc32)n[nH]1)(C(=O)O)C1CC1. The Morgan fingerprint density at radius 3 is 2.29 bits per heavy atom. The highest BCUT2D eigenvalue weighted by molar-refractivity contribution is 5.97. The molecule has 0 aliphatic heterocycles. The quantitative estimate of drug-likeness (QED) is 0.424. The van der Waals surface area contributed by atoms with Crippen LogP contribution in [0.4, 0.5) is 10.6 Å². The lowest BCUT2D eigenvalue weighted by Gasteiger charge is -2.25. The summed E-state index contributed by atoms with van der Waals surface area (Å²) in [4.78, 5) is 36.6. The average molecular weight is 460 g/mol. The number of amides is 2. The van der Waals surface area contributed by atoms with Gasteiger partial charge in [0.2, 0.25) is 0 Å². The lowest BCUT2D eigenvalue weighted by molar-refractivity contribution is -0.144. The molecule has 1 saturated carbocycles. The molecule has 9 heteroatoms. The number of carboxylic acids is 1. The van der Waals surface area contributed by atoms with E-state index in [4.69, 9.17) is 4.74 Å². The number of fused-ring (bicyclic) bond motifs is 3. The highest BCUT2D eigenvalue weighted by Crippen LogP contribution is 2.44. The van der Waals surface area contributed by atoms with E-state index in [1.165, 1.54) is 13.0 Å². The first kappa shape index (κ1) is 21.7. The van der Waals surface area contributed by atoms with Gasteiger partial charge in [-0.1, -0.05) is 48.5 Å². The molecule has 2 aliphatic carbocycles. The Hall–Kier alpha value is -4.14. The molecule has 34 heavy (non-hydrogen) atoms. The second-order valence-electron chi connectivity index (χ2n) is 8.85. The summed E-state index contributed by atoms with van der Waals surface area (Å²) in [6.07, 6.45) is 0.801. The van der Waals surface area contributed by atoms with E-state index >= 15 is 0 Å². The fourth-order valence-electron chi connectivity index (χ4n) is 4.54. The first-order chi connectivity index (χ1) is 16.4. The number of aliphatic carboxylic acids is 1. The average Bonchev–Trinajstić information content (AvgIpc) is 3.51. The second-order valence-corrected chi connectivity index (χ2v) is 8.85. The normalized spacial score (nSPS) is 16.1. The summed E-state index contributed by atoms with van der Waals surface area (Å²) in [6, 6.07) is 17.4. The monoisotopic (exact) mass is 460 g/mol. The molecule has 3 aromatic rings. The van der Waals surface area contributed by atoms with Gasteiger partial charge in [0.25, 0.3) is 5.91 Å². The molecule has 0 bridgehead atoms. The topological polar surface area (TPSA) is 133 Å². The maximum absolute atomic E-state index is 12.5. The third kappa shape index (κ3) is 3.89. The molecule has 1 heterocycles. The number of nitrogens with one attached hydrogen (secondary N) is 3. The first-order valence-electron chi connectivity index (χ1n) is 11.1. The van der Waals surface area contributed by atoms with E-state index in [9.17, 15) is 19.5 Å². The minimum atomic E-state index is -1.34. The van der Waals surface area contributed by atoms with Crippen molar-refractivity contribution in [2.24, 2.45) is 5.92 Å². The molecule has 1 atom stereocenters. The number of hydrogen-bond acceptors (Lipinski definition) is 5. The Labute approximate surface area is 195 Å². The second kappa shape index (κ2) is 8.33. The summed E-state index contributed by atoms with van der Waals surface area (Å²) in [5.74, 6) is -1.76. The Morgan fingerprint density at radius 2 is 1.71 bits per heavy atom. The van der Waals surface area contributed by atoms with Crippen LogP contribution in [0.2, 0.25) is 0 Å². The van der Waals surface area contributed by atoms with Crippen LogP contribution in [0.25, 0.3) is 11.1 Å². The van der Waals surface area contributed by atoms with Gasteiger partial charge in [0.15, 0.2) is 5.82 Å². The van der Waals surface area contributed by atoms with Crippen molar-refractivity contribution in [2.75, 3.05) is 11.9 Å². The molecular formula is C25H24N4O5. The van der Waals surface area contributed by atoms with Crippen LogP contribution in [-0.2, 0) is 9.53 Å². The van der Waals surface area contributed by atoms with Gasteiger partial charge in [-0.2, -0.15) is 5.10 Å². The molecule has 5 rings (SSSR count). The number of hydrogen-bond donors (Lipinski definition) is 4. The van der Waals surface area contributed by atoms with Gasteiger partial charge < -0.3 is 15.2 Å². The van der Waals surface area contributed by atoms with Gasteiger partial charge in [-0.25, -0.2) is 9.59 Å². The molecule has 2 aliphatic rings. The molecule has 0 radical (unpaired) electrons. The lowest BCUT2D eigenvalue weighted by Crippen LogP contribution is -2.54. The number of benzene rings is 2. The van der Waals surface area contributed by atoms with Crippen LogP contribution in [0.1, 0.15) is 47.3 Å². The summed E-state index contributed by atoms with van der Waals surface area (Å²) in [7, 11) is 0. The van der Waals surface area contributed by atoms with Crippen molar-refractivity contribution in [1.29, 1.82) is 0 Å². The molecule has 0 saturated heterocycles. The molecule has 174 valence electrons. The van der Waals surface area contributed by atoms with Crippen molar-refractivity contribution in [3.05, 3.63) is 71.4 Å². The smallest absolute Gasteiger partial charge is 0.412 e. The summed E-state index contributed by atoms with van der Waals surface area (Å²) >= 11 is 0. The lowest BCUT2D eigenvalue weighted by atomic mass is 9.96. The van der Waals surface area contributed by atoms with Crippen LogP contribution in [0.5, 0.6) is 0 Å². The number of H-pyrrole nitrogens is 1. The summed E-state index contributed by atoms with van der Waals surface area (Å²) < 4.78 is 5.48. The minimum Gasteiger partial charge on any atom is -0.480 e. The van der Waals surface area contributed by atoms with Crippen LogP contribution in [0.3, 0.4) is 0 Å². The molecule has 2 amide bonds. The summed E-state index contributed by atoms with van der Waals surface area (Å²) in [6.45, 7) is 1.65.